The minimum absolute atomic E-state index is 0.0149. The molecule has 0 bridgehead atoms. The normalized spacial score (nSPS) is 12.6. The molecule has 0 saturated carbocycles. The molecule has 3 amide bonds. The third kappa shape index (κ3) is 7.79. The van der Waals surface area contributed by atoms with Crippen LogP contribution in [0.3, 0.4) is 0 Å². The SMILES string of the molecule is CC[C@H](C)[C@H](NC(=O)O)C(=O)NCCN(C(=O)C(Cl)Cl)c1cccc(-c2cc(-c3c(Cl)cccc3Cl)no2)c1. The van der Waals surface area contributed by atoms with Gasteiger partial charge in [-0.15, -0.1) is 0 Å². The summed E-state index contributed by atoms with van der Waals surface area (Å²) in [6.07, 6.45) is -0.717. The minimum Gasteiger partial charge on any atom is -0.465 e. The van der Waals surface area contributed by atoms with Crippen molar-refractivity contribution in [3.05, 3.63) is 58.6 Å². The van der Waals surface area contributed by atoms with Gasteiger partial charge in [0, 0.05) is 36.0 Å². The average Bonchev–Trinajstić information content (AvgIpc) is 3.38. The zero-order valence-corrected chi connectivity index (χ0v) is 24.0. The van der Waals surface area contributed by atoms with E-state index in [0.717, 1.165) is 0 Å². The van der Waals surface area contributed by atoms with Gasteiger partial charge in [-0.1, -0.05) is 90.0 Å². The lowest BCUT2D eigenvalue weighted by molar-refractivity contribution is -0.124. The summed E-state index contributed by atoms with van der Waals surface area (Å²) >= 11 is 24.4. The molecule has 0 aliphatic heterocycles. The Labute approximate surface area is 245 Å². The van der Waals surface area contributed by atoms with Crippen LogP contribution in [-0.4, -0.2) is 52.1 Å². The Morgan fingerprint density at radius 1 is 1.08 bits per heavy atom. The monoisotopic (exact) mass is 614 g/mol. The van der Waals surface area contributed by atoms with E-state index in [9.17, 15) is 14.4 Å². The number of aromatic nitrogens is 1. The van der Waals surface area contributed by atoms with Gasteiger partial charge in [0.15, 0.2) is 10.6 Å². The van der Waals surface area contributed by atoms with E-state index in [1.54, 1.807) is 55.5 Å². The van der Waals surface area contributed by atoms with Gasteiger partial charge in [-0.3, -0.25) is 9.59 Å². The van der Waals surface area contributed by atoms with Gasteiger partial charge in [0.2, 0.25) is 5.91 Å². The standard InChI is InChI=1S/C26H26Cl4N4O5/c1-3-14(2)22(32-26(37)38)24(35)31-10-11-34(25(36)23(29)30)16-7-4-6-15(12-16)20-13-19(33-39-20)21-17(27)8-5-9-18(21)28/h4-9,12-14,22-23,32H,3,10-11H2,1-2H3,(H,31,35)(H,37,38)/t14-,22-/m0/s1. The quantitative estimate of drug-likeness (QED) is 0.219. The van der Waals surface area contributed by atoms with Crippen LogP contribution in [0.4, 0.5) is 10.5 Å². The van der Waals surface area contributed by atoms with Crippen molar-refractivity contribution in [2.45, 2.75) is 31.1 Å². The smallest absolute Gasteiger partial charge is 0.405 e. The van der Waals surface area contributed by atoms with E-state index in [1.807, 2.05) is 6.92 Å². The molecule has 3 N–H and O–H groups in total. The summed E-state index contributed by atoms with van der Waals surface area (Å²) in [6.45, 7) is 3.65. The number of rotatable bonds is 11. The molecule has 208 valence electrons. The topological polar surface area (TPSA) is 125 Å². The molecule has 1 heterocycles. The first kappa shape index (κ1) is 30.6. The zero-order valence-electron chi connectivity index (χ0n) is 21.0. The van der Waals surface area contributed by atoms with Gasteiger partial charge in [0.25, 0.3) is 5.91 Å². The van der Waals surface area contributed by atoms with Gasteiger partial charge in [0.1, 0.15) is 11.7 Å². The highest BCUT2D eigenvalue weighted by molar-refractivity contribution is 6.54. The molecule has 0 aliphatic rings. The lowest BCUT2D eigenvalue weighted by Gasteiger charge is -2.26. The van der Waals surface area contributed by atoms with E-state index < -0.39 is 28.8 Å². The summed E-state index contributed by atoms with van der Waals surface area (Å²) in [6, 6.07) is 12.7. The van der Waals surface area contributed by atoms with Crippen LogP contribution in [0.2, 0.25) is 10.0 Å². The van der Waals surface area contributed by atoms with E-state index in [-0.39, 0.29) is 19.0 Å². The molecule has 0 radical (unpaired) electrons. The molecule has 0 saturated heterocycles. The van der Waals surface area contributed by atoms with Gasteiger partial charge in [0.05, 0.1) is 10.0 Å². The second-order valence-electron chi connectivity index (χ2n) is 8.62. The van der Waals surface area contributed by atoms with E-state index in [2.05, 4.69) is 15.8 Å². The van der Waals surface area contributed by atoms with Crippen molar-refractivity contribution in [1.29, 1.82) is 0 Å². The molecule has 0 fully saturated rings. The Morgan fingerprint density at radius 3 is 2.36 bits per heavy atom. The number of amides is 3. The molecule has 13 heteroatoms. The summed E-state index contributed by atoms with van der Waals surface area (Å²) in [7, 11) is 0. The molecular formula is C26H26Cl4N4O5. The first-order chi connectivity index (χ1) is 18.5. The highest BCUT2D eigenvalue weighted by atomic mass is 35.5. The number of carbonyl (C=O) groups is 3. The first-order valence-electron chi connectivity index (χ1n) is 11.9. The Bertz CT molecular complexity index is 1310. The lowest BCUT2D eigenvalue weighted by atomic mass is 9.98. The van der Waals surface area contributed by atoms with Gasteiger partial charge in [-0.25, -0.2) is 4.79 Å². The number of carbonyl (C=O) groups excluding carboxylic acids is 2. The Hall–Kier alpha value is -2.98. The summed E-state index contributed by atoms with van der Waals surface area (Å²) in [5.41, 5.74) is 2.00. The molecule has 0 aliphatic carbocycles. The molecule has 39 heavy (non-hydrogen) atoms. The molecule has 0 unspecified atom stereocenters. The number of hydrogen-bond acceptors (Lipinski definition) is 5. The van der Waals surface area contributed by atoms with Crippen molar-refractivity contribution in [2.24, 2.45) is 5.92 Å². The van der Waals surface area contributed by atoms with E-state index >= 15 is 0 Å². The minimum atomic E-state index is -1.36. The second kappa shape index (κ2) is 13.9. The molecule has 9 nitrogen and oxygen atoms in total. The molecule has 3 rings (SSSR count). The van der Waals surface area contributed by atoms with Crippen molar-refractivity contribution in [1.82, 2.24) is 15.8 Å². The van der Waals surface area contributed by atoms with Gasteiger partial charge in [-0.2, -0.15) is 0 Å². The van der Waals surface area contributed by atoms with Crippen LogP contribution in [0, 0.1) is 5.92 Å². The van der Waals surface area contributed by atoms with Crippen LogP contribution in [-0.2, 0) is 9.59 Å². The number of alkyl halides is 2. The molecule has 2 atom stereocenters. The largest absolute Gasteiger partial charge is 0.465 e. The molecule has 1 aromatic heterocycles. The van der Waals surface area contributed by atoms with Crippen LogP contribution in [0.25, 0.3) is 22.6 Å². The number of nitrogens with one attached hydrogen (secondary N) is 2. The van der Waals surface area contributed by atoms with Crippen molar-refractivity contribution in [3.63, 3.8) is 0 Å². The summed E-state index contributed by atoms with van der Waals surface area (Å²) in [5, 5.41) is 18.9. The van der Waals surface area contributed by atoms with E-state index in [0.29, 0.717) is 44.7 Å². The number of benzene rings is 2. The first-order valence-corrected chi connectivity index (χ1v) is 13.5. The number of halogens is 4. The Kier molecular flexibility index (Phi) is 10.9. The van der Waals surface area contributed by atoms with Gasteiger partial charge >= 0.3 is 6.09 Å². The average molecular weight is 616 g/mol. The number of carboxylic acid groups (broad SMARTS) is 1. The van der Waals surface area contributed by atoms with Crippen molar-refractivity contribution in [3.8, 4) is 22.6 Å². The van der Waals surface area contributed by atoms with Crippen LogP contribution in [0.1, 0.15) is 20.3 Å². The third-order valence-corrected chi connectivity index (χ3v) is 7.04. The third-order valence-electron chi connectivity index (χ3n) is 6.03. The Balaban J connectivity index is 1.81. The number of hydrogen-bond donors (Lipinski definition) is 3. The van der Waals surface area contributed by atoms with Gasteiger partial charge in [-0.05, 0) is 30.2 Å². The predicted molar refractivity (Wildman–Crippen MR) is 153 cm³/mol. The molecular weight excluding hydrogens is 590 g/mol. The Morgan fingerprint density at radius 2 is 1.74 bits per heavy atom. The van der Waals surface area contributed by atoms with E-state index in [4.69, 9.17) is 56.0 Å². The van der Waals surface area contributed by atoms with Gasteiger partial charge < -0.3 is 25.2 Å². The summed E-state index contributed by atoms with van der Waals surface area (Å²) in [4.78, 5) is 36.6. The fourth-order valence-corrected chi connectivity index (χ4v) is 4.65. The molecule has 0 spiro atoms. The van der Waals surface area contributed by atoms with Crippen LogP contribution in [0.15, 0.2) is 53.1 Å². The van der Waals surface area contributed by atoms with Crippen LogP contribution >= 0.6 is 46.4 Å². The summed E-state index contributed by atoms with van der Waals surface area (Å²) < 4.78 is 5.53. The fraction of sp³-hybridized carbons (Fsp3) is 0.308. The van der Waals surface area contributed by atoms with Crippen molar-refractivity contribution in [2.75, 3.05) is 18.0 Å². The predicted octanol–water partition coefficient (Wildman–Crippen LogP) is 6.25. The number of anilines is 1. The molecule has 2 aromatic carbocycles. The summed E-state index contributed by atoms with van der Waals surface area (Å²) in [5.74, 6) is -0.951. The zero-order chi connectivity index (χ0) is 28.7. The van der Waals surface area contributed by atoms with Crippen LogP contribution in [0.5, 0.6) is 0 Å². The maximum Gasteiger partial charge on any atom is 0.405 e. The van der Waals surface area contributed by atoms with Crippen molar-refractivity contribution < 1.29 is 24.0 Å². The lowest BCUT2D eigenvalue weighted by Crippen LogP contribution is -2.51. The van der Waals surface area contributed by atoms with Crippen molar-refractivity contribution >= 4 is 70.0 Å². The van der Waals surface area contributed by atoms with Crippen LogP contribution < -0.4 is 15.5 Å². The fourth-order valence-electron chi connectivity index (χ4n) is 3.82. The second-order valence-corrected chi connectivity index (χ2v) is 10.5. The maximum absolute atomic E-state index is 12.9. The maximum atomic E-state index is 12.9. The van der Waals surface area contributed by atoms with E-state index in [1.165, 1.54) is 4.90 Å². The highest BCUT2D eigenvalue weighted by Gasteiger charge is 2.27. The molecule has 3 aromatic rings. The highest BCUT2D eigenvalue weighted by Crippen LogP contribution is 2.36. The number of nitrogens with zero attached hydrogens (tertiary/aromatic N) is 2.